The number of likely N-dealkylation sites (tertiary alicyclic amines) is 1. The van der Waals surface area contributed by atoms with Crippen molar-refractivity contribution in [1.29, 1.82) is 5.26 Å². The first-order valence-corrected chi connectivity index (χ1v) is 7.35. The SMILES string of the molecule is CS(=O)(=O)C1CN(Cc2cccc(C#N)c2)C1. The summed E-state index contributed by atoms with van der Waals surface area (Å²) in [6.07, 6.45) is 1.28. The van der Waals surface area contributed by atoms with Gasteiger partial charge < -0.3 is 0 Å². The summed E-state index contributed by atoms with van der Waals surface area (Å²) < 4.78 is 22.5. The predicted molar refractivity (Wildman–Crippen MR) is 65.1 cm³/mol. The van der Waals surface area contributed by atoms with Gasteiger partial charge >= 0.3 is 0 Å². The standard InChI is InChI=1S/C12H14N2O2S/c1-17(15,16)12-8-14(9-12)7-11-4-2-3-10(5-11)6-13/h2-5,12H,7-9H2,1H3. The molecule has 1 aliphatic rings. The Morgan fingerprint density at radius 1 is 1.47 bits per heavy atom. The van der Waals surface area contributed by atoms with Crippen molar-refractivity contribution in [2.45, 2.75) is 11.8 Å². The van der Waals surface area contributed by atoms with Crippen LogP contribution in [0.15, 0.2) is 24.3 Å². The fourth-order valence-corrected chi connectivity index (χ4v) is 2.88. The van der Waals surface area contributed by atoms with E-state index >= 15 is 0 Å². The van der Waals surface area contributed by atoms with Gasteiger partial charge in [-0.15, -0.1) is 0 Å². The summed E-state index contributed by atoms with van der Waals surface area (Å²) >= 11 is 0. The third-order valence-electron chi connectivity index (χ3n) is 2.99. The van der Waals surface area contributed by atoms with Crippen molar-refractivity contribution in [3.63, 3.8) is 0 Å². The summed E-state index contributed by atoms with van der Waals surface area (Å²) in [6.45, 7) is 1.90. The van der Waals surface area contributed by atoms with Crippen molar-refractivity contribution >= 4 is 9.84 Å². The molecule has 0 unspecified atom stereocenters. The maximum atomic E-state index is 11.2. The van der Waals surface area contributed by atoms with Gasteiger partial charge in [0, 0.05) is 25.9 Å². The molecule has 0 bridgehead atoms. The second-order valence-corrected chi connectivity index (χ2v) is 6.78. The Balaban J connectivity index is 1.94. The number of benzene rings is 1. The second kappa shape index (κ2) is 4.47. The fourth-order valence-electron chi connectivity index (χ4n) is 1.92. The zero-order valence-corrected chi connectivity index (χ0v) is 10.4. The molecular formula is C12H14N2O2S. The van der Waals surface area contributed by atoms with E-state index in [1.54, 1.807) is 6.07 Å². The average Bonchev–Trinajstić information content (AvgIpc) is 2.21. The van der Waals surface area contributed by atoms with Gasteiger partial charge in [0.05, 0.1) is 16.9 Å². The highest BCUT2D eigenvalue weighted by molar-refractivity contribution is 7.91. The van der Waals surface area contributed by atoms with Gasteiger partial charge in [0.1, 0.15) is 0 Å². The number of rotatable bonds is 3. The Hall–Kier alpha value is -1.38. The zero-order valence-electron chi connectivity index (χ0n) is 9.63. The van der Waals surface area contributed by atoms with E-state index < -0.39 is 9.84 Å². The van der Waals surface area contributed by atoms with Crippen molar-refractivity contribution in [3.8, 4) is 6.07 Å². The minimum Gasteiger partial charge on any atom is -0.296 e. The summed E-state index contributed by atoms with van der Waals surface area (Å²) in [5.41, 5.74) is 1.69. The molecule has 0 aliphatic carbocycles. The third kappa shape index (κ3) is 2.84. The van der Waals surface area contributed by atoms with E-state index in [1.807, 2.05) is 18.2 Å². The van der Waals surface area contributed by atoms with E-state index in [2.05, 4.69) is 11.0 Å². The average molecular weight is 250 g/mol. The van der Waals surface area contributed by atoms with Crippen LogP contribution in [0.2, 0.25) is 0 Å². The van der Waals surface area contributed by atoms with E-state index in [9.17, 15) is 8.42 Å². The minimum absolute atomic E-state index is 0.221. The number of sulfone groups is 1. The molecule has 0 radical (unpaired) electrons. The first kappa shape index (κ1) is 12.1. The van der Waals surface area contributed by atoms with Crippen LogP contribution in [-0.4, -0.2) is 37.9 Å². The molecule has 0 amide bonds. The maximum absolute atomic E-state index is 11.2. The maximum Gasteiger partial charge on any atom is 0.152 e. The summed E-state index contributed by atoms with van der Waals surface area (Å²) in [4.78, 5) is 2.07. The fraction of sp³-hybridized carbons (Fsp3) is 0.417. The molecular weight excluding hydrogens is 236 g/mol. The molecule has 1 saturated heterocycles. The molecule has 0 atom stereocenters. The van der Waals surface area contributed by atoms with Crippen molar-refractivity contribution in [1.82, 2.24) is 4.90 Å². The molecule has 0 spiro atoms. The van der Waals surface area contributed by atoms with E-state index in [0.29, 0.717) is 25.2 Å². The number of nitrogens with zero attached hydrogens (tertiary/aromatic N) is 2. The Labute approximate surface area is 101 Å². The zero-order chi connectivity index (χ0) is 12.5. The first-order valence-electron chi connectivity index (χ1n) is 5.39. The van der Waals surface area contributed by atoms with Crippen LogP contribution < -0.4 is 0 Å². The van der Waals surface area contributed by atoms with Crippen LogP contribution in [0.5, 0.6) is 0 Å². The molecule has 0 aromatic heterocycles. The van der Waals surface area contributed by atoms with Crippen LogP contribution in [-0.2, 0) is 16.4 Å². The van der Waals surface area contributed by atoms with Crippen LogP contribution in [0.3, 0.4) is 0 Å². The molecule has 0 saturated carbocycles. The highest BCUT2D eigenvalue weighted by Gasteiger charge is 2.34. The summed E-state index contributed by atoms with van der Waals surface area (Å²) in [6, 6.07) is 9.50. The lowest BCUT2D eigenvalue weighted by atomic mass is 10.1. The van der Waals surface area contributed by atoms with Crippen LogP contribution in [0.1, 0.15) is 11.1 Å². The summed E-state index contributed by atoms with van der Waals surface area (Å²) in [7, 11) is -2.90. The van der Waals surface area contributed by atoms with Gasteiger partial charge in [-0.05, 0) is 17.7 Å². The van der Waals surface area contributed by atoms with E-state index in [1.165, 1.54) is 6.26 Å². The smallest absolute Gasteiger partial charge is 0.152 e. The molecule has 0 N–H and O–H groups in total. The normalized spacial score (nSPS) is 17.4. The quantitative estimate of drug-likeness (QED) is 0.795. The second-order valence-electron chi connectivity index (χ2n) is 4.46. The lowest BCUT2D eigenvalue weighted by Gasteiger charge is -2.37. The third-order valence-corrected chi connectivity index (χ3v) is 4.50. The Morgan fingerprint density at radius 2 is 2.18 bits per heavy atom. The molecule has 2 rings (SSSR count). The highest BCUT2D eigenvalue weighted by atomic mass is 32.2. The molecule has 1 aromatic rings. The van der Waals surface area contributed by atoms with Crippen molar-refractivity contribution < 1.29 is 8.42 Å². The molecule has 5 heteroatoms. The lowest BCUT2D eigenvalue weighted by Crippen LogP contribution is -2.53. The molecule has 1 aliphatic heterocycles. The predicted octanol–water partition coefficient (Wildman–Crippen LogP) is 0.787. The number of hydrogen-bond acceptors (Lipinski definition) is 4. The largest absolute Gasteiger partial charge is 0.296 e. The number of hydrogen-bond donors (Lipinski definition) is 0. The van der Waals surface area contributed by atoms with Crippen molar-refractivity contribution in [3.05, 3.63) is 35.4 Å². The minimum atomic E-state index is -2.90. The molecule has 1 aromatic carbocycles. The summed E-state index contributed by atoms with van der Waals surface area (Å²) in [5, 5.41) is 8.55. The van der Waals surface area contributed by atoms with Crippen molar-refractivity contribution in [2.24, 2.45) is 0 Å². The van der Waals surface area contributed by atoms with E-state index in [4.69, 9.17) is 5.26 Å². The van der Waals surface area contributed by atoms with Crippen LogP contribution >= 0.6 is 0 Å². The monoisotopic (exact) mass is 250 g/mol. The Kier molecular flexibility index (Phi) is 3.18. The molecule has 17 heavy (non-hydrogen) atoms. The van der Waals surface area contributed by atoms with Crippen LogP contribution in [0.4, 0.5) is 0 Å². The van der Waals surface area contributed by atoms with Gasteiger partial charge in [-0.2, -0.15) is 5.26 Å². The molecule has 1 fully saturated rings. The Morgan fingerprint density at radius 3 is 2.76 bits per heavy atom. The molecule has 1 heterocycles. The van der Waals surface area contributed by atoms with Gasteiger partial charge in [0.15, 0.2) is 9.84 Å². The van der Waals surface area contributed by atoms with Crippen LogP contribution in [0, 0.1) is 11.3 Å². The van der Waals surface area contributed by atoms with E-state index in [0.717, 1.165) is 5.56 Å². The highest BCUT2D eigenvalue weighted by Crippen LogP contribution is 2.18. The van der Waals surface area contributed by atoms with Gasteiger partial charge in [0.25, 0.3) is 0 Å². The molecule has 90 valence electrons. The lowest BCUT2D eigenvalue weighted by molar-refractivity contribution is 0.176. The van der Waals surface area contributed by atoms with E-state index in [-0.39, 0.29) is 5.25 Å². The first-order chi connectivity index (χ1) is 7.99. The van der Waals surface area contributed by atoms with Crippen LogP contribution in [0.25, 0.3) is 0 Å². The van der Waals surface area contributed by atoms with Gasteiger partial charge in [-0.3, -0.25) is 4.90 Å². The number of nitriles is 1. The van der Waals surface area contributed by atoms with Gasteiger partial charge in [0.2, 0.25) is 0 Å². The van der Waals surface area contributed by atoms with Gasteiger partial charge in [-0.1, -0.05) is 12.1 Å². The summed E-state index contributed by atoms with van der Waals surface area (Å²) in [5.74, 6) is 0. The van der Waals surface area contributed by atoms with Crippen molar-refractivity contribution in [2.75, 3.05) is 19.3 Å². The van der Waals surface area contributed by atoms with Gasteiger partial charge in [-0.25, -0.2) is 8.42 Å². The molecule has 4 nitrogen and oxygen atoms in total. The topological polar surface area (TPSA) is 61.2 Å². The Bertz CT molecular complexity index is 554.